The lowest BCUT2D eigenvalue weighted by molar-refractivity contribution is -0.436. The molecule has 0 amide bonds. The van der Waals surface area contributed by atoms with Gasteiger partial charge in [0.05, 0.1) is 22.4 Å². The minimum Gasteiger partial charge on any atom is -0.458 e. The van der Waals surface area contributed by atoms with Crippen LogP contribution in [0.3, 0.4) is 0 Å². The van der Waals surface area contributed by atoms with Crippen LogP contribution in [0.4, 0.5) is 5.95 Å². The van der Waals surface area contributed by atoms with Crippen LogP contribution in [-0.2, 0) is 29.9 Å². The highest BCUT2D eigenvalue weighted by atomic mass is 17.0. The van der Waals surface area contributed by atoms with Crippen molar-refractivity contribution in [3.63, 3.8) is 0 Å². The van der Waals surface area contributed by atoms with Crippen LogP contribution in [0, 0.1) is 0 Å². The predicted octanol–water partition coefficient (Wildman–Crippen LogP) is 5.70. The molecule has 1 aromatic rings. The summed E-state index contributed by atoms with van der Waals surface area (Å²) >= 11 is 0. The van der Waals surface area contributed by atoms with Crippen LogP contribution in [0.2, 0.25) is 0 Å². The van der Waals surface area contributed by atoms with Gasteiger partial charge in [-0.3, -0.25) is 0 Å². The Kier molecular flexibility index (Phi) is 9.36. The van der Waals surface area contributed by atoms with E-state index in [1.54, 1.807) is 0 Å². The lowest BCUT2D eigenvalue weighted by Crippen LogP contribution is -2.48. The van der Waals surface area contributed by atoms with Gasteiger partial charge in [-0.05, 0) is 104 Å². The van der Waals surface area contributed by atoms with E-state index >= 15 is 0 Å². The molecule has 10 heteroatoms. The van der Waals surface area contributed by atoms with Crippen LogP contribution in [0.15, 0.2) is 0 Å². The minimum absolute atomic E-state index is 0.0361. The van der Waals surface area contributed by atoms with E-state index in [4.69, 9.17) is 28.6 Å². The molecular weight excluding hydrogens is 452 g/mol. The number of anilines is 1. The molecule has 0 aliphatic rings. The summed E-state index contributed by atoms with van der Waals surface area (Å²) in [5.74, 6) is -1.68. The van der Waals surface area contributed by atoms with E-state index in [-0.39, 0.29) is 17.8 Å². The molecule has 0 aliphatic heterocycles. The Labute approximate surface area is 211 Å². The molecule has 1 rings (SSSR count). The van der Waals surface area contributed by atoms with Crippen molar-refractivity contribution in [3.05, 3.63) is 5.82 Å². The Bertz CT molecular complexity index is 795. The fourth-order valence-electron chi connectivity index (χ4n) is 2.57. The zero-order valence-electron chi connectivity index (χ0n) is 24.7. The second-order valence-corrected chi connectivity index (χ2v) is 13.3. The normalized spacial score (nSPS) is 14.3. The summed E-state index contributed by atoms with van der Waals surface area (Å²) in [6, 6.07) is 0.0361. The topological polar surface area (TPSA) is 97.3 Å². The molecule has 0 bridgehead atoms. The monoisotopic (exact) mass is 500 g/mol. The molecule has 0 radical (unpaired) electrons. The van der Waals surface area contributed by atoms with Gasteiger partial charge >= 0.3 is 12.0 Å². The number of nitrogens with zero attached hydrogens (tertiary/aromatic N) is 4. The van der Waals surface area contributed by atoms with Crippen molar-refractivity contribution in [3.8, 4) is 6.01 Å². The maximum atomic E-state index is 6.31. The molecule has 0 spiro atoms. The molecule has 0 saturated carbocycles. The van der Waals surface area contributed by atoms with Crippen molar-refractivity contribution in [1.82, 2.24) is 15.0 Å². The summed E-state index contributed by atoms with van der Waals surface area (Å²) in [7, 11) is 1.47. The molecule has 35 heavy (non-hydrogen) atoms. The third-order valence-corrected chi connectivity index (χ3v) is 3.30. The first-order valence-corrected chi connectivity index (χ1v) is 11.9. The van der Waals surface area contributed by atoms with Gasteiger partial charge in [0.25, 0.3) is 5.95 Å². The standard InChI is InChI=1S/C25H48N4O6/c1-20(2,3)31-19-27-17(25(30-16,32-21(4,5)6)33-22(7,8)9)26-18(28-19)29(34-23(10,11)12)35-24(13,14)15/h1-16H3. The van der Waals surface area contributed by atoms with E-state index in [0.29, 0.717) is 0 Å². The van der Waals surface area contributed by atoms with Gasteiger partial charge in [-0.15, -0.1) is 0 Å². The highest BCUT2D eigenvalue weighted by molar-refractivity contribution is 5.25. The lowest BCUT2D eigenvalue weighted by atomic mass is 10.1. The van der Waals surface area contributed by atoms with E-state index in [1.165, 1.54) is 12.3 Å². The quantitative estimate of drug-likeness (QED) is 0.326. The first-order valence-electron chi connectivity index (χ1n) is 11.9. The molecule has 1 aromatic heterocycles. The summed E-state index contributed by atoms with van der Waals surface area (Å²) < 4.78 is 24.5. The maximum absolute atomic E-state index is 6.31. The molecule has 0 saturated heterocycles. The van der Waals surface area contributed by atoms with E-state index in [2.05, 4.69) is 15.0 Å². The summed E-state index contributed by atoms with van der Waals surface area (Å²) in [6.45, 7) is 28.4. The van der Waals surface area contributed by atoms with Gasteiger partial charge in [0.1, 0.15) is 5.60 Å². The molecule has 0 aliphatic carbocycles. The maximum Gasteiger partial charge on any atom is 0.349 e. The second-order valence-electron chi connectivity index (χ2n) is 13.3. The molecule has 0 fully saturated rings. The average molecular weight is 501 g/mol. The molecular formula is C25H48N4O6. The molecule has 0 atom stereocenters. The smallest absolute Gasteiger partial charge is 0.349 e. The third kappa shape index (κ3) is 11.8. The molecule has 0 aromatic carbocycles. The number of hydrogen-bond donors (Lipinski definition) is 0. The number of aromatic nitrogens is 3. The molecule has 0 N–H and O–H groups in total. The zero-order chi connectivity index (χ0) is 27.7. The van der Waals surface area contributed by atoms with E-state index in [1.807, 2.05) is 104 Å². The Morgan fingerprint density at radius 3 is 1.29 bits per heavy atom. The van der Waals surface area contributed by atoms with E-state index < -0.39 is 34.0 Å². The van der Waals surface area contributed by atoms with E-state index in [0.717, 1.165) is 0 Å². The van der Waals surface area contributed by atoms with Crippen molar-refractivity contribution in [2.24, 2.45) is 0 Å². The zero-order valence-corrected chi connectivity index (χ0v) is 24.7. The highest BCUT2D eigenvalue weighted by Crippen LogP contribution is 2.37. The second kappa shape index (κ2) is 10.4. The molecule has 10 nitrogen and oxygen atoms in total. The third-order valence-electron chi connectivity index (χ3n) is 3.30. The Morgan fingerprint density at radius 1 is 0.543 bits per heavy atom. The molecule has 1 heterocycles. The summed E-state index contributed by atoms with van der Waals surface area (Å²) in [5, 5.41) is 1.18. The summed E-state index contributed by atoms with van der Waals surface area (Å²) in [4.78, 5) is 25.8. The highest BCUT2D eigenvalue weighted by Gasteiger charge is 2.47. The van der Waals surface area contributed by atoms with Crippen LogP contribution in [0.1, 0.15) is 110 Å². The van der Waals surface area contributed by atoms with Crippen molar-refractivity contribution in [2.45, 2.75) is 138 Å². The van der Waals surface area contributed by atoms with Gasteiger partial charge in [0, 0.05) is 7.11 Å². The van der Waals surface area contributed by atoms with Gasteiger partial charge in [0.15, 0.2) is 0 Å². The van der Waals surface area contributed by atoms with Crippen LogP contribution in [0.5, 0.6) is 6.01 Å². The van der Waals surface area contributed by atoms with Gasteiger partial charge in [-0.2, -0.15) is 15.0 Å². The molecule has 204 valence electrons. The van der Waals surface area contributed by atoms with Crippen LogP contribution in [-0.4, -0.2) is 50.1 Å². The van der Waals surface area contributed by atoms with Crippen LogP contribution in [0.25, 0.3) is 0 Å². The van der Waals surface area contributed by atoms with Gasteiger partial charge in [0.2, 0.25) is 5.82 Å². The van der Waals surface area contributed by atoms with Crippen molar-refractivity contribution >= 4 is 5.95 Å². The fraction of sp³-hybridized carbons (Fsp3) is 0.880. The average Bonchev–Trinajstić information content (AvgIpc) is 2.53. The van der Waals surface area contributed by atoms with Gasteiger partial charge in [-0.25, -0.2) is 9.68 Å². The largest absolute Gasteiger partial charge is 0.458 e. The minimum atomic E-state index is -1.78. The van der Waals surface area contributed by atoms with Gasteiger partial charge in [-0.1, -0.05) is 5.23 Å². The van der Waals surface area contributed by atoms with E-state index in [9.17, 15) is 0 Å². The summed E-state index contributed by atoms with van der Waals surface area (Å²) in [6.07, 6.45) is 0. The first-order chi connectivity index (χ1) is 15.3. The van der Waals surface area contributed by atoms with Crippen LogP contribution >= 0.6 is 0 Å². The number of ether oxygens (including phenoxy) is 4. The van der Waals surface area contributed by atoms with Crippen LogP contribution < -0.4 is 9.96 Å². The summed E-state index contributed by atoms with van der Waals surface area (Å²) in [5.41, 5.74) is -3.19. The lowest BCUT2D eigenvalue weighted by Gasteiger charge is -2.40. The Hall–Kier alpha value is -1.59. The predicted molar refractivity (Wildman–Crippen MR) is 135 cm³/mol. The first kappa shape index (κ1) is 31.4. The van der Waals surface area contributed by atoms with Crippen molar-refractivity contribution < 1.29 is 28.6 Å². The fourth-order valence-corrected chi connectivity index (χ4v) is 2.57. The Morgan fingerprint density at radius 2 is 0.971 bits per heavy atom. The SMILES string of the molecule is COC(OC(C)(C)C)(OC(C)(C)C)c1nc(OC(C)(C)C)nc(N(OC(C)(C)C)OC(C)(C)C)n1. The number of rotatable bonds is 8. The van der Waals surface area contributed by atoms with Gasteiger partial charge < -0.3 is 18.9 Å². The van der Waals surface area contributed by atoms with Crippen molar-refractivity contribution in [2.75, 3.05) is 12.3 Å². The Balaban J connectivity index is 3.90. The van der Waals surface area contributed by atoms with Crippen molar-refractivity contribution in [1.29, 1.82) is 0 Å². The molecule has 0 unspecified atom stereocenters. The number of methoxy groups -OCH3 is 1. The number of hydrogen-bond acceptors (Lipinski definition) is 10.